The summed E-state index contributed by atoms with van der Waals surface area (Å²) in [7, 11) is 1.70. The van der Waals surface area contributed by atoms with E-state index in [1.54, 1.807) is 26.1 Å². The zero-order valence-electron chi connectivity index (χ0n) is 16.7. The molecule has 0 radical (unpaired) electrons. The third kappa shape index (κ3) is 8.19. The first-order valence-corrected chi connectivity index (χ1v) is 9.37. The summed E-state index contributed by atoms with van der Waals surface area (Å²) in [5, 5.41) is 3.27. The molecule has 1 heterocycles. The number of alkyl halides is 2. The third-order valence-electron chi connectivity index (χ3n) is 4.49. The Bertz CT molecular complexity index is 691. The molecule has 2 rings (SSSR count). The lowest BCUT2D eigenvalue weighted by atomic mass is 9.95. The van der Waals surface area contributed by atoms with Gasteiger partial charge in [-0.2, -0.15) is 8.78 Å². The molecule has 1 aliphatic heterocycles. The van der Waals surface area contributed by atoms with E-state index >= 15 is 0 Å². The van der Waals surface area contributed by atoms with Crippen molar-refractivity contribution < 1.29 is 23.0 Å². The van der Waals surface area contributed by atoms with Gasteiger partial charge in [0.15, 0.2) is 17.5 Å². The fraction of sp³-hybridized carbons (Fsp3) is 0.579. The van der Waals surface area contributed by atoms with Gasteiger partial charge >= 0.3 is 6.61 Å². The molecule has 164 valence electrons. The molecule has 0 saturated carbocycles. The molecular weight excluding hydrogens is 497 g/mol. The molecule has 1 aliphatic rings. The maximum Gasteiger partial charge on any atom is 0.387 e. The van der Waals surface area contributed by atoms with E-state index in [0.717, 1.165) is 30.9 Å². The number of nitrogens with one attached hydrogen (secondary N) is 1. The lowest BCUT2D eigenvalue weighted by Crippen LogP contribution is -2.46. The molecule has 7 nitrogen and oxygen atoms in total. The first-order valence-electron chi connectivity index (χ1n) is 9.37. The molecular formula is C19H29F2IN4O3. The summed E-state index contributed by atoms with van der Waals surface area (Å²) in [6.07, 6.45) is 2.31. The number of amides is 1. The van der Waals surface area contributed by atoms with Crippen LogP contribution in [0, 0.1) is 5.92 Å². The van der Waals surface area contributed by atoms with Gasteiger partial charge in [0.05, 0.1) is 6.61 Å². The number of carbonyl (C=O) groups is 1. The van der Waals surface area contributed by atoms with Gasteiger partial charge in [-0.1, -0.05) is 6.07 Å². The Morgan fingerprint density at radius 3 is 2.79 bits per heavy atom. The number of nitrogens with zero attached hydrogens (tertiary/aromatic N) is 2. The molecule has 1 unspecified atom stereocenters. The fourth-order valence-corrected chi connectivity index (χ4v) is 3.35. The zero-order chi connectivity index (χ0) is 20.5. The molecule has 3 N–H and O–H groups in total. The largest absolute Gasteiger partial charge is 0.490 e. The summed E-state index contributed by atoms with van der Waals surface area (Å²) in [5.74, 6) is 0.941. The van der Waals surface area contributed by atoms with E-state index in [-0.39, 0.29) is 47.3 Å². The van der Waals surface area contributed by atoms with Crippen LogP contribution in [-0.4, -0.2) is 50.1 Å². The first-order chi connectivity index (χ1) is 13.4. The van der Waals surface area contributed by atoms with Crippen molar-refractivity contribution in [1.29, 1.82) is 0 Å². The van der Waals surface area contributed by atoms with Gasteiger partial charge in [-0.05, 0) is 43.4 Å². The molecule has 0 aliphatic carbocycles. The van der Waals surface area contributed by atoms with Crippen LogP contribution in [0.1, 0.15) is 31.7 Å². The van der Waals surface area contributed by atoms with Gasteiger partial charge in [0, 0.05) is 33.1 Å². The highest BCUT2D eigenvalue weighted by molar-refractivity contribution is 14.0. The van der Waals surface area contributed by atoms with Gasteiger partial charge in [-0.25, -0.2) is 0 Å². The van der Waals surface area contributed by atoms with Crippen LogP contribution in [0.15, 0.2) is 23.2 Å². The Balaban J connectivity index is 0.00000420. The number of aliphatic imine (C=N–C) groups is 1. The highest BCUT2D eigenvalue weighted by Gasteiger charge is 2.23. The number of likely N-dealkylation sites (tertiary alicyclic amines) is 1. The Morgan fingerprint density at radius 1 is 1.41 bits per heavy atom. The van der Waals surface area contributed by atoms with Crippen LogP contribution in [-0.2, 0) is 11.3 Å². The second kappa shape index (κ2) is 12.7. The van der Waals surface area contributed by atoms with Crippen molar-refractivity contribution in [1.82, 2.24) is 10.2 Å². The summed E-state index contributed by atoms with van der Waals surface area (Å²) in [5.41, 5.74) is 6.17. The number of primary amides is 1. The quantitative estimate of drug-likeness (QED) is 0.309. The van der Waals surface area contributed by atoms with Crippen molar-refractivity contribution in [3.63, 3.8) is 0 Å². The number of hydrogen-bond acceptors (Lipinski definition) is 4. The fourth-order valence-electron chi connectivity index (χ4n) is 3.35. The second-order valence-electron chi connectivity index (χ2n) is 6.62. The minimum absolute atomic E-state index is 0. The lowest BCUT2D eigenvalue weighted by molar-refractivity contribution is -0.119. The van der Waals surface area contributed by atoms with Crippen molar-refractivity contribution in [3.05, 3.63) is 23.8 Å². The monoisotopic (exact) mass is 526 g/mol. The SMILES string of the molecule is CCOc1cc(CNC(=NC)N2CCCC(CC(N)=O)C2)ccc1OC(F)F.I. The highest BCUT2D eigenvalue weighted by Crippen LogP contribution is 2.30. The van der Waals surface area contributed by atoms with Crippen LogP contribution < -0.4 is 20.5 Å². The molecule has 29 heavy (non-hydrogen) atoms. The van der Waals surface area contributed by atoms with Crippen molar-refractivity contribution >= 4 is 35.8 Å². The summed E-state index contributed by atoms with van der Waals surface area (Å²) in [6, 6.07) is 4.85. The van der Waals surface area contributed by atoms with Gasteiger partial charge < -0.3 is 25.4 Å². The van der Waals surface area contributed by atoms with Gasteiger partial charge in [-0.3, -0.25) is 9.79 Å². The van der Waals surface area contributed by atoms with Crippen molar-refractivity contribution in [3.8, 4) is 11.5 Å². The topological polar surface area (TPSA) is 89.2 Å². The lowest BCUT2D eigenvalue weighted by Gasteiger charge is -2.34. The molecule has 1 aromatic rings. The smallest absolute Gasteiger partial charge is 0.387 e. The van der Waals surface area contributed by atoms with Gasteiger partial charge in [0.2, 0.25) is 5.91 Å². The first kappa shape index (κ1) is 25.2. The molecule has 1 fully saturated rings. The van der Waals surface area contributed by atoms with Crippen LogP contribution in [0.25, 0.3) is 0 Å². The van der Waals surface area contributed by atoms with Gasteiger partial charge in [0.25, 0.3) is 0 Å². The number of halogens is 3. The van der Waals surface area contributed by atoms with Gasteiger partial charge in [-0.15, -0.1) is 24.0 Å². The Labute approximate surface area is 187 Å². The molecule has 0 spiro atoms. The van der Waals surface area contributed by atoms with E-state index < -0.39 is 6.61 Å². The molecule has 1 saturated heterocycles. The van der Waals surface area contributed by atoms with Crippen LogP contribution in [0.5, 0.6) is 11.5 Å². The average Bonchev–Trinajstić information content (AvgIpc) is 2.64. The Kier molecular flexibility index (Phi) is 11.0. The third-order valence-corrected chi connectivity index (χ3v) is 4.49. The van der Waals surface area contributed by atoms with E-state index in [9.17, 15) is 13.6 Å². The van der Waals surface area contributed by atoms with Crippen molar-refractivity contribution in [2.24, 2.45) is 16.6 Å². The maximum absolute atomic E-state index is 12.5. The van der Waals surface area contributed by atoms with Crippen molar-refractivity contribution in [2.45, 2.75) is 39.3 Å². The van der Waals surface area contributed by atoms with E-state index in [2.05, 4.69) is 19.9 Å². The molecule has 0 aromatic heterocycles. The number of hydrogen-bond donors (Lipinski definition) is 2. The summed E-state index contributed by atoms with van der Waals surface area (Å²) in [6.45, 7) is 1.22. The predicted octanol–water partition coefficient (Wildman–Crippen LogP) is 2.97. The van der Waals surface area contributed by atoms with Crippen LogP contribution >= 0.6 is 24.0 Å². The summed E-state index contributed by atoms with van der Waals surface area (Å²) in [4.78, 5) is 17.6. The van der Waals surface area contributed by atoms with E-state index in [1.807, 2.05) is 0 Å². The van der Waals surface area contributed by atoms with Crippen LogP contribution in [0.4, 0.5) is 8.78 Å². The average molecular weight is 526 g/mol. The second-order valence-corrected chi connectivity index (χ2v) is 6.62. The summed E-state index contributed by atoms with van der Waals surface area (Å²) >= 11 is 0. The van der Waals surface area contributed by atoms with Crippen molar-refractivity contribution in [2.75, 3.05) is 26.7 Å². The molecule has 1 atom stereocenters. The Hall–Kier alpha value is -1.85. The number of carbonyl (C=O) groups excluding carboxylic acids is 1. The number of piperidine rings is 1. The predicted molar refractivity (Wildman–Crippen MR) is 118 cm³/mol. The standard InChI is InChI=1S/C19H28F2N4O3.HI/c1-3-27-16-9-13(6-7-15(16)28-18(20)21)11-24-19(23-2)25-8-4-5-14(12-25)10-17(22)26;/h6-7,9,14,18H,3-5,8,10-12H2,1-2H3,(H2,22,26)(H,23,24);1H. The number of rotatable bonds is 8. The molecule has 0 bridgehead atoms. The number of ether oxygens (including phenoxy) is 2. The summed E-state index contributed by atoms with van der Waals surface area (Å²) < 4.78 is 34.9. The minimum atomic E-state index is -2.91. The van der Waals surface area contributed by atoms with Gasteiger partial charge in [0.1, 0.15) is 0 Å². The number of guanidine groups is 1. The normalized spacial score (nSPS) is 16.9. The van der Waals surface area contributed by atoms with E-state index in [0.29, 0.717) is 26.1 Å². The van der Waals surface area contributed by atoms with E-state index in [4.69, 9.17) is 10.5 Å². The minimum Gasteiger partial charge on any atom is -0.490 e. The van der Waals surface area contributed by atoms with Crippen LogP contribution in [0.2, 0.25) is 0 Å². The number of nitrogens with two attached hydrogens (primary N) is 1. The Morgan fingerprint density at radius 2 is 2.17 bits per heavy atom. The van der Waals surface area contributed by atoms with Crippen LogP contribution in [0.3, 0.4) is 0 Å². The maximum atomic E-state index is 12.5. The zero-order valence-corrected chi connectivity index (χ0v) is 19.0. The molecule has 10 heteroatoms. The molecule has 1 amide bonds. The highest BCUT2D eigenvalue weighted by atomic mass is 127. The van der Waals surface area contributed by atoms with E-state index in [1.165, 1.54) is 6.07 Å². The molecule has 1 aromatic carbocycles. The number of benzene rings is 1.